The number of aromatic nitrogens is 4. The van der Waals surface area contributed by atoms with Gasteiger partial charge in [-0.05, 0) is 19.1 Å². The van der Waals surface area contributed by atoms with E-state index in [2.05, 4.69) is 30.0 Å². The van der Waals surface area contributed by atoms with Gasteiger partial charge in [-0.25, -0.2) is 14.6 Å². The Morgan fingerprint density at radius 3 is 2.60 bits per heavy atom. The fourth-order valence-corrected chi connectivity index (χ4v) is 3.46. The number of nitrogens with zero attached hydrogens (tertiary/aromatic N) is 5. The van der Waals surface area contributed by atoms with Crippen LogP contribution in [-0.4, -0.2) is 66.9 Å². The largest absolute Gasteiger partial charge is 0.381 e. The summed E-state index contributed by atoms with van der Waals surface area (Å²) >= 11 is 0. The zero-order chi connectivity index (χ0) is 20.9. The normalized spacial score (nSPS) is 15.4. The van der Waals surface area contributed by atoms with Crippen molar-refractivity contribution in [2.75, 3.05) is 52.0 Å². The lowest BCUT2D eigenvalue weighted by Crippen LogP contribution is -2.37. The Morgan fingerprint density at radius 1 is 1.07 bits per heavy atom. The molecule has 0 N–H and O–H groups in total. The molecule has 1 unspecified atom stereocenters. The predicted octanol–water partition coefficient (Wildman–Crippen LogP) is 2.81. The zero-order valence-electron chi connectivity index (χ0n) is 17.6. The third-order valence-corrected chi connectivity index (χ3v) is 5.08. The van der Waals surface area contributed by atoms with Crippen LogP contribution in [-0.2, 0) is 14.2 Å². The average Bonchev–Trinajstić information content (AvgIpc) is 3.28. The fraction of sp³-hybridized carbons (Fsp3) is 0.409. The van der Waals surface area contributed by atoms with E-state index < -0.39 is 0 Å². The van der Waals surface area contributed by atoms with E-state index in [1.165, 1.54) is 5.56 Å². The topological polar surface area (TPSA) is 74.5 Å². The molecule has 0 spiro atoms. The van der Waals surface area contributed by atoms with E-state index in [4.69, 9.17) is 29.3 Å². The van der Waals surface area contributed by atoms with Gasteiger partial charge < -0.3 is 19.1 Å². The predicted molar refractivity (Wildman–Crippen MR) is 114 cm³/mol. The van der Waals surface area contributed by atoms with Crippen LogP contribution in [0.5, 0.6) is 0 Å². The molecule has 4 rings (SSSR count). The quantitative estimate of drug-likeness (QED) is 0.594. The van der Waals surface area contributed by atoms with Crippen LogP contribution in [0.25, 0.3) is 17.1 Å². The Kier molecular flexibility index (Phi) is 6.37. The molecule has 0 aliphatic carbocycles. The van der Waals surface area contributed by atoms with E-state index in [0.29, 0.717) is 31.5 Å². The van der Waals surface area contributed by atoms with Gasteiger partial charge in [0.2, 0.25) is 0 Å². The Labute approximate surface area is 176 Å². The average molecular weight is 409 g/mol. The number of hydrogen-bond donors (Lipinski definition) is 0. The van der Waals surface area contributed by atoms with Gasteiger partial charge in [0.1, 0.15) is 11.9 Å². The number of methoxy groups -OCH3 is 2. The van der Waals surface area contributed by atoms with Crippen molar-refractivity contribution in [3.63, 3.8) is 0 Å². The number of aryl methyl sites for hydroxylation is 1. The van der Waals surface area contributed by atoms with Gasteiger partial charge in [-0.3, -0.25) is 0 Å². The highest BCUT2D eigenvalue weighted by Crippen LogP contribution is 2.23. The molecule has 1 saturated heterocycles. The summed E-state index contributed by atoms with van der Waals surface area (Å²) in [4.78, 5) is 11.7. The minimum atomic E-state index is -0.360. The molecule has 3 heterocycles. The van der Waals surface area contributed by atoms with Crippen molar-refractivity contribution >= 4 is 5.82 Å². The first-order chi connectivity index (χ1) is 14.7. The minimum absolute atomic E-state index is 0.360. The number of rotatable bonds is 7. The number of hydrogen-bond acceptors (Lipinski definition) is 7. The van der Waals surface area contributed by atoms with Gasteiger partial charge in [0, 0.05) is 45.1 Å². The summed E-state index contributed by atoms with van der Waals surface area (Å²) in [6.45, 7) is 5.37. The van der Waals surface area contributed by atoms with Crippen molar-refractivity contribution in [1.29, 1.82) is 0 Å². The first-order valence-corrected chi connectivity index (χ1v) is 10.0. The molecule has 8 heteroatoms. The van der Waals surface area contributed by atoms with Crippen LogP contribution in [0.1, 0.15) is 17.5 Å². The first kappa shape index (κ1) is 20.5. The molecule has 1 aliphatic rings. The molecule has 2 aromatic heterocycles. The summed E-state index contributed by atoms with van der Waals surface area (Å²) in [5.41, 5.74) is 3.17. The molecule has 30 heavy (non-hydrogen) atoms. The summed E-state index contributed by atoms with van der Waals surface area (Å²) < 4.78 is 18.1. The van der Waals surface area contributed by atoms with Crippen molar-refractivity contribution in [2.24, 2.45) is 0 Å². The van der Waals surface area contributed by atoms with E-state index in [1.807, 2.05) is 24.4 Å². The number of morpholine rings is 1. The highest BCUT2D eigenvalue weighted by molar-refractivity contribution is 5.60. The smallest absolute Gasteiger partial charge is 0.164 e. The van der Waals surface area contributed by atoms with Crippen LogP contribution in [0, 0.1) is 6.92 Å². The molecule has 1 aliphatic heterocycles. The summed E-state index contributed by atoms with van der Waals surface area (Å²) in [5.74, 6) is 2.11. The van der Waals surface area contributed by atoms with Crippen LogP contribution in [0.15, 0.2) is 42.6 Å². The van der Waals surface area contributed by atoms with E-state index >= 15 is 0 Å². The molecule has 0 bridgehead atoms. The van der Waals surface area contributed by atoms with Gasteiger partial charge in [-0.2, -0.15) is 5.10 Å². The molecule has 3 aromatic rings. The number of benzene rings is 1. The van der Waals surface area contributed by atoms with Gasteiger partial charge in [0.05, 0.1) is 25.5 Å². The maximum absolute atomic E-state index is 5.57. The van der Waals surface area contributed by atoms with Gasteiger partial charge in [0.25, 0.3) is 0 Å². The number of anilines is 1. The Hall–Kier alpha value is -2.81. The van der Waals surface area contributed by atoms with E-state index in [9.17, 15) is 0 Å². The fourth-order valence-electron chi connectivity index (χ4n) is 3.46. The molecule has 158 valence electrons. The maximum atomic E-state index is 5.57. The maximum Gasteiger partial charge on any atom is 0.164 e. The summed E-state index contributed by atoms with van der Waals surface area (Å²) in [6.07, 6.45) is 1.56. The van der Waals surface area contributed by atoms with Crippen LogP contribution in [0.4, 0.5) is 5.82 Å². The van der Waals surface area contributed by atoms with Crippen molar-refractivity contribution in [2.45, 2.75) is 13.0 Å². The molecule has 0 saturated carbocycles. The zero-order valence-corrected chi connectivity index (χ0v) is 17.6. The second-order valence-electron chi connectivity index (χ2n) is 7.24. The highest BCUT2D eigenvalue weighted by Gasteiger charge is 2.21. The third kappa shape index (κ3) is 4.51. The molecule has 8 nitrogen and oxygen atoms in total. The van der Waals surface area contributed by atoms with Crippen LogP contribution >= 0.6 is 0 Å². The number of ether oxygens (including phenoxy) is 3. The van der Waals surface area contributed by atoms with Crippen molar-refractivity contribution in [3.8, 4) is 17.1 Å². The van der Waals surface area contributed by atoms with Gasteiger partial charge >= 0.3 is 0 Å². The molecule has 0 radical (unpaired) electrons. The Morgan fingerprint density at radius 2 is 1.87 bits per heavy atom. The monoisotopic (exact) mass is 409 g/mol. The Balaban J connectivity index is 1.72. The lowest BCUT2D eigenvalue weighted by Gasteiger charge is -2.28. The van der Waals surface area contributed by atoms with Crippen molar-refractivity contribution in [1.82, 2.24) is 19.7 Å². The van der Waals surface area contributed by atoms with Gasteiger partial charge in [-0.15, -0.1) is 0 Å². The van der Waals surface area contributed by atoms with Crippen LogP contribution in [0.2, 0.25) is 0 Å². The minimum Gasteiger partial charge on any atom is -0.381 e. The highest BCUT2D eigenvalue weighted by atomic mass is 16.5. The molecule has 1 atom stereocenters. The first-order valence-electron chi connectivity index (χ1n) is 10.0. The lowest BCUT2D eigenvalue weighted by molar-refractivity contribution is 0.0221. The summed E-state index contributed by atoms with van der Waals surface area (Å²) in [5, 5.41) is 4.76. The molecule has 1 fully saturated rings. The summed E-state index contributed by atoms with van der Waals surface area (Å²) in [7, 11) is 3.28. The van der Waals surface area contributed by atoms with E-state index in [0.717, 1.165) is 30.2 Å². The second kappa shape index (κ2) is 9.34. The van der Waals surface area contributed by atoms with Crippen molar-refractivity contribution in [3.05, 3.63) is 54.0 Å². The van der Waals surface area contributed by atoms with Crippen molar-refractivity contribution < 1.29 is 14.2 Å². The van der Waals surface area contributed by atoms with E-state index in [1.54, 1.807) is 18.9 Å². The SMILES string of the molecule is COCC(OC)c1nc(N2CCOCC2)cc(-n2ccc(-c3cccc(C)c3)n2)n1. The lowest BCUT2D eigenvalue weighted by atomic mass is 10.1. The summed E-state index contributed by atoms with van der Waals surface area (Å²) in [6, 6.07) is 12.2. The van der Waals surface area contributed by atoms with E-state index in [-0.39, 0.29) is 6.10 Å². The second-order valence-corrected chi connectivity index (χ2v) is 7.24. The van der Waals surface area contributed by atoms with Crippen LogP contribution < -0.4 is 4.90 Å². The Bertz CT molecular complexity index is 961. The van der Waals surface area contributed by atoms with Crippen LogP contribution in [0.3, 0.4) is 0 Å². The molecular weight excluding hydrogens is 382 g/mol. The molecular formula is C22H27N5O3. The third-order valence-electron chi connectivity index (χ3n) is 5.08. The molecule has 1 aromatic carbocycles. The van der Waals surface area contributed by atoms with Gasteiger partial charge in [0.15, 0.2) is 11.6 Å². The van der Waals surface area contributed by atoms with Gasteiger partial charge in [-0.1, -0.05) is 23.8 Å². The molecule has 0 amide bonds. The standard InChI is InChI=1S/C22H27N5O3/c1-16-5-4-6-17(13-16)18-7-8-27(25-18)21-14-20(26-9-11-30-12-10-26)23-22(24-21)19(29-3)15-28-2/h4-8,13-14,19H,9-12,15H2,1-3H3.